The average molecular weight is 287 g/mol. The first-order chi connectivity index (χ1) is 7.56. The van der Waals surface area contributed by atoms with Crippen molar-refractivity contribution in [2.24, 2.45) is 0 Å². The van der Waals surface area contributed by atoms with Crippen LogP contribution in [0.15, 0.2) is 16.9 Å². The van der Waals surface area contributed by atoms with Gasteiger partial charge in [-0.05, 0) is 35.8 Å². The maximum atomic E-state index is 11.3. The van der Waals surface area contributed by atoms with Crippen molar-refractivity contribution in [3.05, 3.63) is 22.4 Å². The van der Waals surface area contributed by atoms with Gasteiger partial charge in [0.25, 0.3) is 0 Å². The standard InChI is InChI=1S/C10H11BrN2O3/c1-3-16-10(15)9(14)13-7-4-5-12-8(11)6(7)2/h4-5H,3H2,1-2H3,(H,12,13,14). The second-order valence-electron chi connectivity index (χ2n) is 2.95. The predicted octanol–water partition coefficient (Wildman–Crippen LogP) is 1.65. The van der Waals surface area contributed by atoms with Crippen LogP contribution in [-0.2, 0) is 14.3 Å². The molecule has 0 bridgehead atoms. The Labute approximate surface area is 101 Å². The number of carbonyl (C=O) groups excluding carboxylic acids is 2. The molecule has 0 spiro atoms. The van der Waals surface area contributed by atoms with Crippen molar-refractivity contribution in [1.29, 1.82) is 0 Å². The van der Waals surface area contributed by atoms with Gasteiger partial charge in [-0.3, -0.25) is 4.79 Å². The minimum atomic E-state index is -0.894. The fourth-order valence-electron chi connectivity index (χ4n) is 1.02. The molecule has 1 rings (SSSR count). The molecule has 0 unspecified atom stereocenters. The summed E-state index contributed by atoms with van der Waals surface area (Å²) in [5.41, 5.74) is 1.28. The van der Waals surface area contributed by atoms with Crippen LogP contribution in [0.2, 0.25) is 0 Å². The highest BCUT2D eigenvalue weighted by Gasteiger charge is 2.16. The van der Waals surface area contributed by atoms with Crippen LogP contribution >= 0.6 is 15.9 Å². The fourth-order valence-corrected chi connectivity index (χ4v) is 1.35. The van der Waals surface area contributed by atoms with Gasteiger partial charge in [-0.25, -0.2) is 9.78 Å². The minimum absolute atomic E-state index is 0.172. The van der Waals surface area contributed by atoms with E-state index >= 15 is 0 Å². The molecule has 0 radical (unpaired) electrons. The number of nitrogens with zero attached hydrogens (tertiary/aromatic N) is 1. The molecule has 86 valence electrons. The Morgan fingerprint density at radius 2 is 2.25 bits per heavy atom. The number of halogens is 1. The number of pyridine rings is 1. The van der Waals surface area contributed by atoms with E-state index in [0.717, 1.165) is 5.56 Å². The third kappa shape index (κ3) is 3.03. The van der Waals surface area contributed by atoms with Gasteiger partial charge in [0, 0.05) is 17.4 Å². The number of rotatable bonds is 2. The van der Waals surface area contributed by atoms with E-state index in [1.165, 1.54) is 6.20 Å². The van der Waals surface area contributed by atoms with Gasteiger partial charge >= 0.3 is 11.9 Å². The highest BCUT2D eigenvalue weighted by molar-refractivity contribution is 9.10. The maximum Gasteiger partial charge on any atom is 0.397 e. The van der Waals surface area contributed by atoms with E-state index in [-0.39, 0.29) is 6.61 Å². The van der Waals surface area contributed by atoms with Gasteiger partial charge in [-0.15, -0.1) is 0 Å². The quantitative estimate of drug-likeness (QED) is 0.510. The van der Waals surface area contributed by atoms with Gasteiger partial charge in [0.2, 0.25) is 0 Å². The second-order valence-corrected chi connectivity index (χ2v) is 3.70. The summed E-state index contributed by atoms with van der Waals surface area (Å²) >= 11 is 3.23. The number of esters is 1. The van der Waals surface area contributed by atoms with Crippen LogP contribution in [0, 0.1) is 6.92 Å². The fraction of sp³-hybridized carbons (Fsp3) is 0.300. The molecule has 0 saturated carbocycles. The lowest BCUT2D eigenvalue weighted by atomic mass is 10.2. The van der Waals surface area contributed by atoms with Gasteiger partial charge in [-0.1, -0.05) is 0 Å². The van der Waals surface area contributed by atoms with Crippen molar-refractivity contribution in [1.82, 2.24) is 4.98 Å². The Bertz CT molecular complexity index is 421. The molecule has 1 heterocycles. The molecule has 0 aliphatic carbocycles. The van der Waals surface area contributed by atoms with Gasteiger partial charge < -0.3 is 10.1 Å². The summed E-state index contributed by atoms with van der Waals surface area (Å²) in [6.07, 6.45) is 1.53. The van der Waals surface area contributed by atoms with Gasteiger partial charge in [-0.2, -0.15) is 0 Å². The molecule has 1 aromatic heterocycles. The highest BCUT2D eigenvalue weighted by Crippen LogP contribution is 2.20. The van der Waals surface area contributed by atoms with E-state index in [2.05, 4.69) is 31.0 Å². The molecule has 1 N–H and O–H groups in total. The molecule has 1 amide bonds. The third-order valence-electron chi connectivity index (χ3n) is 1.85. The number of carbonyl (C=O) groups is 2. The lowest BCUT2D eigenvalue weighted by Gasteiger charge is -2.07. The largest absolute Gasteiger partial charge is 0.459 e. The Kier molecular flexibility index (Phi) is 4.42. The number of amides is 1. The van der Waals surface area contributed by atoms with Crippen LogP contribution in [0.3, 0.4) is 0 Å². The lowest BCUT2D eigenvalue weighted by molar-refractivity contribution is -0.152. The normalized spacial score (nSPS) is 9.69. The summed E-state index contributed by atoms with van der Waals surface area (Å²) in [6.45, 7) is 3.59. The van der Waals surface area contributed by atoms with Crippen LogP contribution in [0.5, 0.6) is 0 Å². The molecule has 5 nitrogen and oxygen atoms in total. The van der Waals surface area contributed by atoms with Crippen molar-refractivity contribution in [3.63, 3.8) is 0 Å². The molecule has 0 fully saturated rings. The topological polar surface area (TPSA) is 68.3 Å². The summed E-state index contributed by atoms with van der Waals surface area (Å²) in [6, 6.07) is 1.61. The molecule has 0 aromatic carbocycles. The summed E-state index contributed by atoms with van der Waals surface area (Å²) in [4.78, 5) is 26.4. The monoisotopic (exact) mass is 286 g/mol. The van der Waals surface area contributed by atoms with E-state index < -0.39 is 11.9 Å². The molecular formula is C10H11BrN2O3. The van der Waals surface area contributed by atoms with Crippen LogP contribution in [-0.4, -0.2) is 23.5 Å². The van der Waals surface area contributed by atoms with Crippen molar-refractivity contribution >= 4 is 33.5 Å². The zero-order chi connectivity index (χ0) is 12.1. The SMILES string of the molecule is CCOC(=O)C(=O)Nc1ccnc(Br)c1C. The first kappa shape index (κ1) is 12.6. The summed E-state index contributed by atoms with van der Waals surface area (Å²) in [5.74, 6) is -1.68. The van der Waals surface area contributed by atoms with Gasteiger partial charge in [0.1, 0.15) is 4.60 Å². The molecule has 0 saturated heterocycles. The number of hydrogen-bond donors (Lipinski definition) is 1. The van der Waals surface area contributed by atoms with Crippen LogP contribution in [0.4, 0.5) is 5.69 Å². The predicted molar refractivity (Wildman–Crippen MR) is 61.9 cm³/mol. The van der Waals surface area contributed by atoms with Crippen LogP contribution in [0.1, 0.15) is 12.5 Å². The first-order valence-corrected chi connectivity index (χ1v) is 5.44. The number of hydrogen-bond acceptors (Lipinski definition) is 4. The molecular weight excluding hydrogens is 276 g/mol. The Hall–Kier alpha value is -1.43. The van der Waals surface area contributed by atoms with Gasteiger partial charge in [0.15, 0.2) is 0 Å². The Balaban J connectivity index is 2.77. The van der Waals surface area contributed by atoms with Crippen molar-refractivity contribution in [2.75, 3.05) is 11.9 Å². The van der Waals surface area contributed by atoms with E-state index in [9.17, 15) is 9.59 Å². The third-order valence-corrected chi connectivity index (χ3v) is 2.65. The molecule has 0 atom stereocenters. The molecule has 0 aliphatic heterocycles. The summed E-state index contributed by atoms with van der Waals surface area (Å²) < 4.78 is 5.19. The van der Waals surface area contributed by atoms with E-state index in [1.54, 1.807) is 19.9 Å². The van der Waals surface area contributed by atoms with Crippen molar-refractivity contribution in [2.45, 2.75) is 13.8 Å². The van der Waals surface area contributed by atoms with Crippen LogP contribution in [0.25, 0.3) is 0 Å². The Morgan fingerprint density at radius 1 is 1.56 bits per heavy atom. The second kappa shape index (κ2) is 5.60. The van der Waals surface area contributed by atoms with Crippen molar-refractivity contribution in [3.8, 4) is 0 Å². The molecule has 16 heavy (non-hydrogen) atoms. The van der Waals surface area contributed by atoms with E-state index in [4.69, 9.17) is 0 Å². The number of aromatic nitrogens is 1. The van der Waals surface area contributed by atoms with E-state index in [0.29, 0.717) is 10.3 Å². The number of anilines is 1. The van der Waals surface area contributed by atoms with Gasteiger partial charge in [0.05, 0.1) is 6.61 Å². The van der Waals surface area contributed by atoms with Crippen molar-refractivity contribution < 1.29 is 14.3 Å². The molecule has 6 heteroatoms. The minimum Gasteiger partial charge on any atom is -0.459 e. The molecule has 1 aromatic rings. The zero-order valence-electron chi connectivity index (χ0n) is 8.91. The Morgan fingerprint density at radius 3 is 2.88 bits per heavy atom. The smallest absolute Gasteiger partial charge is 0.397 e. The maximum absolute atomic E-state index is 11.3. The number of nitrogens with one attached hydrogen (secondary N) is 1. The number of ether oxygens (including phenoxy) is 1. The zero-order valence-corrected chi connectivity index (χ0v) is 10.5. The highest BCUT2D eigenvalue weighted by atomic mass is 79.9. The summed E-state index contributed by atoms with van der Waals surface area (Å²) in [5, 5.41) is 2.45. The summed E-state index contributed by atoms with van der Waals surface area (Å²) in [7, 11) is 0. The van der Waals surface area contributed by atoms with E-state index in [1.807, 2.05) is 0 Å². The lowest BCUT2D eigenvalue weighted by Crippen LogP contribution is -2.25. The van der Waals surface area contributed by atoms with Crippen LogP contribution < -0.4 is 5.32 Å². The average Bonchev–Trinajstić information content (AvgIpc) is 2.25. The molecule has 0 aliphatic rings. The first-order valence-electron chi connectivity index (χ1n) is 4.65.